The molecule has 2 heterocycles. The molecule has 1 aromatic heterocycles. The number of benzene rings is 1. The number of ether oxygens (including phenoxy) is 1. The molecule has 3 rings (SSSR count). The predicted molar refractivity (Wildman–Crippen MR) is 98.8 cm³/mol. The molecule has 0 spiro atoms. The molecule has 2 aromatic rings. The first-order valence-corrected chi connectivity index (χ1v) is 9.43. The minimum atomic E-state index is -0.813. The van der Waals surface area contributed by atoms with Crippen LogP contribution in [0.4, 0.5) is 8.78 Å². The Morgan fingerprint density at radius 3 is 2.69 bits per heavy atom. The van der Waals surface area contributed by atoms with Gasteiger partial charge in [0.25, 0.3) is 0 Å². The summed E-state index contributed by atoms with van der Waals surface area (Å²) in [5, 5.41) is 0. The van der Waals surface area contributed by atoms with Crippen molar-refractivity contribution in [3.63, 3.8) is 0 Å². The lowest BCUT2D eigenvalue weighted by atomic mass is 9.96. The molecule has 1 fully saturated rings. The summed E-state index contributed by atoms with van der Waals surface area (Å²) >= 11 is 0. The van der Waals surface area contributed by atoms with E-state index in [4.69, 9.17) is 10.5 Å². The molecule has 2 N–H and O–H groups in total. The average Bonchev–Trinajstić information content (AvgIpc) is 3.21. The number of hydrogen-bond acceptors (Lipinski definition) is 2. The van der Waals surface area contributed by atoms with E-state index in [2.05, 4.69) is 37.6 Å². The third-order valence-corrected chi connectivity index (χ3v) is 5.61. The Bertz CT molecular complexity index is 758. The fourth-order valence-corrected chi connectivity index (χ4v) is 3.88. The number of nitrogens with two attached hydrogens (primary N) is 1. The number of rotatable bonds is 6. The van der Waals surface area contributed by atoms with E-state index in [1.54, 1.807) is 6.07 Å². The van der Waals surface area contributed by atoms with Crippen LogP contribution in [0.15, 0.2) is 30.5 Å². The van der Waals surface area contributed by atoms with Gasteiger partial charge in [-0.2, -0.15) is 0 Å². The monoisotopic (exact) mass is 362 g/mol. The summed E-state index contributed by atoms with van der Waals surface area (Å²) < 4.78 is 35.2. The summed E-state index contributed by atoms with van der Waals surface area (Å²) in [6.45, 7) is 7.06. The van der Waals surface area contributed by atoms with Gasteiger partial charge < -0.3 is 15.0 Å². The lowest BCUT2D eigenvalue weighted by Gasteiger charge is -2.22. The Hall–Kier alpha value is -1.72. The molecule has 0 radical (unpaired) electrons. The average molecular weight is 362 g/mol. The molecule has 1 aliphatic heterocycles. The molecular weight excluding hydrogens is 334 g/mol. The van der Waals surface area contributed by atoms with Gasteiger partial charge in [0.15, 0.2) is 11.6 Å². The van der Waals surface area contributed by atoms with Crippen molar-refractivity contribution in [3.8, 4) is 0 Å². The second-order valence-electron chi connectivity index (χ2n) is 7.44. The maximum Gasteiger partial charge on any atom is 0.159 e. The Morgan fingerprint density at radius 2 is 2.04 bits per heavy atom. The highest BCUT2D eigenvalue weighted by Crippen LogP contribution is 2.38. The fraction of sp³-hybridized carbons (Fsp3) is 0.524. The highest BCUT2D eigenvalue weighted by Gasteiger charge is 2.34. The van der Waals surface area contributed by atoms with Gasteiger partial charge in [-0.25, -0.2) is 8.78 Å². The van der Waals surface area contributed by atoms with Crippen molar-refractivity contribution >= 4 is 0 Å². The van der Waals surface area contributed by atoms with E-state index < -0.39 is 11.6 Å². The minimum Gasteiger partial charge on any atom is -0.354 e. The molecule has 0 saturated carbocycles. The van der Waals surface area contributed by atoms with Crippen LogP contribution in [-0.4, -0.2) is 10.7 Å². The summed E-state index contributed by atoms with van der Waals surface area (Å²) in [6, 6.07) is 6.17. The van der Waals surface area contributed by atoms with Crippen molar-refractivity contribution in [3.05, 3.63) is 58.9 Å². The summed E-state index contributed by atoms with van der Waals surface area (Å²) in [4.78, 5) is 0. The quantitative estimate of drug-likeness (QED) is 0.793. The van der Waals surface area contributed by atoms with E-state index in [1.807, 2.05) is 0 Å². The van der Waals surface area contributed by atoms with Crippen molar-refractivity contribution in [2.45, 2.75) is 64.8 Å². The van der Waals surface area contributed by atoms with Crippen molar-refractivity contribution in [2.24, 2.45) is 11.7 Å². The van der Waals surface area contributed by atoms with E-state index in [1.165, 1.54) is 23.4 Å². The topological polar surface area (TPSA) is 40.2 Å². The van der Waals surface area contributed by atoms with Crippen LogP contribution >= 0.6 is 0 Å². The fourth-order valence-electron chi connectivity index (χ4n) is 3.88. The molecule has 3 nitrogen and oxygen atoms in total. The largest absolute Gasteiger partial charge is 0.354 e. The van der Waals surface area contributed by atoms with Crippen molar-refractivity contribution < 1.29 is 13.5 Å². The second-order valence-corrected chi connectivity index (χ2v) is 7.44. The van der Waals surface area contributed by atoms with Gasteiger partial charge in [-0.15, -0.1) is 0 Å². The Morgan fingerprint density at radius 1 is 1.27 bits per heavy atom. The Kier molecular flexibility index (Phi) is 5.78. The van der Waals surface area contributed by atoms with E-state index in [0.717, 1.165) is 18.4 Å². The molecule has 1 saturated heterocycles. The maximum atomic E-state index is 13.5. The molecule has 142 valence electrons. The van der Waals surface area contributed by atoms with E-state index in [0.29, 0.717) is 24.8 Å². The van der Waals surface area contributed by atoms with Gasteiger partial charge in [-0.3, -0.25) is 0 Å². The SMILES string of the molecule is CCC(C)c1c(CN)ccn1C1CC(C)C(Cc2ccc(F)c(F)c2)O1. The van der Waals surface area contributed by atoms with Gasteiger partial charge in [0.05, 0.1) is 6.10 Å². The normalized spacial score (nSPS) is 24.2. The zero-order valence-corrected chi connectivity index (χ0v) is 15.7. The molecule has 26 heavy (non-hydrogen) atoms. The van der Waals surface area contributed by atoms with E-state index in [-0.39, 0.29) is 12.3 Å². The van der Waals surface area contributed by atoms with E-state index in [9.17, 15) is 8.78 Å². The molecule has 0 bridgehead atoms. The summed E-state index contributed by atoms with van der Waals surface area (Å²) in [7, 11) is 0. The first-order chi connectivity index (χ1) is 12.4. The van der Waals surface area contributed by atoms with Crippen LogP contribution in [0.25, 0.3) is 0 Å². The van der Waals surface area contributed by atoms with Crippen molar-refractivity contribution in [2.75, 3.05) is 0 Å². The third-order valence-electron chi connectivity index (χ3n) is 5.61. The third kappa shape index (κ3) is 3.69. The first-order valence-electron chi connectivity index (χ1n) is 9.43. The predicted octanol–water partition coefficient (Wildman–Crippen LogP) is 4.90. The number of nitrogens with zero attached hydrogens (tertiary/aromatic N) is 1. The van der Waals surface area contributed by atoms with Gasteiger partial charge in [-0.1, -0.05) is 26.8 Å². The highest BCUT2D eigenvalue weighted by molar-refractivity contribution is 5.26. The first kappa shape index (κ1) is 19.1. The van der Waals surface area contributed by atoms with Gasteiger partial charge >= 0.3 is 0 Å². The van der Waals surface area contributed by atoms with Gasteiger partial charge in [0.1, 0.15) is 6.23 Å². The van der Waals surface area contributed by atoms with Crippen LogP contribution in [-0.2, 0) is 17.7 Å². The van der Waals surface area contributed by atoms with Gasteiger partial charge in [0, 0.05) is 18.4 Å². The summed E-state index contributed by atoms with van der Waals surface area (Å²) in [6.07, 6.45) is 4.54. The van der Waals surface area contributed by atoms with Gasteiger partial charge in [0.2, 0.25) is 0 Å². The molecule has 4 atom stereocenters. The molecule has 5 heteroatoms. The Labute approximate surface area is 154 Å². The van der Waals surface area contributed by atoms with Crippen LogP contribution in [0.1, 0.15) is 62.6 Å². The van der Waals surface area contributed by atoms with Crippen molar-refractivity contribution in [1.82, 2.24) is 4.57 Å². The minimum absolute atomic E-state index is 0.0154. The number of aromatic nitrogens is 1. The molecule has 4 unspecified atom stereocenters. The number of hydrogen-bond donors (Lipinski definition) is 1. The second kappa shape index (κ2) is 7.89. The summed E-state index contributed by atoms with van der Waals surface area (Å²) in [5.74, 6) is -0.872. The zero-order valence-electron chi connectivity index (χ0n) is 15.7. The molecular formula is C21H28F2N2O. The van der Waals surface area contributed by atoms with Crippen LogP contribution < -0.4 is 5.73 Å². The highest BCUT2D eigenvalue weighted by atomic mass is 19.2. The standard InChI is InChI=1S/C21H28F2N2O/c1-4-13(2)21-16(12-24)7-8-25(21)20-9-14(3)19(26-20)11-15-5-6-17(22)18(23)10-15/h5-8,10,13-14,19-20H,4,9,11-12,24H2,1-3H3. The maximum absolute atomic E-state index is 13.5. The lowest BCUT2D eigenvalue weighted by molar-refractivity contribution is -0.00468. The van der Waals surface area contributed by atoms with Crippen LogP contribution in [0.3, 0.4) is 0 Å². The van der Waals surface area contributed by atoms with Crippen LogP contribution in [0, 0.1) is 17.6 Å². The van der Waals surface area contributed by atoms with Crippen LogP contribution in [0.5, 0.6) is 0 Å². The Balaban J connectivity index is 1.78. The molecule has 1 aromatic carbocycles. The molecule has 1 aliphatic rings. The molecule has 0 aliphatic carbocycles. The number of halogens is 2. The lowest BCUT2D eigenvalue weighted by Crippen LogP contribution is -2.18. The smallest absolute Gasteiger partial charge is 0.159 e. The molecule has 0 amide bonds. The summed E-state index contributed by atoms with van der Waals surface area (Å²) in [5.41, 5.74) is 9.10. The van der Waals surface area contributed by atoms with E-state index >= 15 is 0 Å². The van der Waals surface area contributed by atoms with Gasteiger partial charge in [-0.05, 0) is 60.4 Å². The van der Waals surface area contributed by atoms with Crippen LogP contribution in [0.2, 0.25) is 0 Å². The van der Waals surface area contributed by atoms with Crippen molar-refractivity contribution in [1.29, 1.82) is 0 Å². The zero-order chi connectivity index (χ0) is 18.8.